The van der Waals surface area contributed by atoms with Gasteiger partial charge in [0.1, 0.15) is 5.75 Å². The van der Waals surface area contributed by atoms with Crippen molar-refractivity contribution in [1.82, 2.24) is 0 Å². The molecule has 0 radical (unpaired) electrons. The Morgan fingerprint density at radius 1 is 0.966 bits per heavy atom. The summed E-state index contributed by atoms with van der Waals surface area (Å²) >= 11 is 6.88. The lowest BCUT2D eigenvalue weighted by Gasteiger charge is -2.10. The number of esters is 1. The van der Waals surface area contributed by atoms with E-state index in [9.17, 15) is 9.59 Å². The van der Waals surface area contributed by atoms with Crippen molar-refractivity contribution in [2.45, 2.75) is 6.92 Å². The van der Waals surface area contributed by atoms with Crippen molar-refractivity contribution in [3.05, 3.63) is 80.7 Å². The SMILES string of the molecule is CCOC(=O)COc1c(Br)cc(/C=C/C(=O)c2ccc3ccccc3c2)cc1Br. The van der Waals surface area contributed by atoms with E-state index in [1.165, 1.54) is 6.08 Å². The van der Waals surface area contributed by atoms with Crippen LogP contribution < -0.4 is 4.74 Å². The molecule has 29 heavy (non-hydrogen) atoms. The molecule has 0 unspecified atom stereocenters. The van der Waals surface area contributed by atoms with Crippen molar-refractivity contribution < 1.29 is 19.1 Å². The van der Waals surface area contributed by atoms with Crippen molar-refractivity contribution >= 4 is 60.5 Å². The molecule has 0 bridgehead atoms. The van der Waals surface area contributed by atoms with Gasteiger partial charge in [0.2, 0.25) is 0 Å². The molecule has 0 aliphatic rings. The van der Waals surface area contributed by atoms with Gasteiger partial charge in [-0.3, -0.25) is 4.79 Å². The van der Waals surface area contributed by atoms with Gasteiger partial charge < -0.3 is 9.47 Å². The number of carbonyl (C=O) groups excluding carboxylic acids is 2. The van der Waals surface area contributed by atoms with Gasteiger partial charge in [-0.25, -0.2) is 4.79 Å². The van der Waals surface area contributed by atoms with Gasteiger partial charge in [0.15, 0.2) is 12.4 Å². The second-order valence-corrected chi connectivity index (χ2v) is 7.88. The standard InChI is InChI=1S/C23H18Br2O4/c1-2-28-22(27)14-29-23-19(24)11-15(12-20(23)25)7-10-21(26)18-9-8-16-5-3-4-6-17(16)13-18/h3-13H,2,14H2,1H3/b10-7+. The van der Waals surface area contributed by atoms with E-state index in [0.717, 1.165) is 16.3 Å². The highest BCUT2D eigenvalue weighted by Gasteiger charge is 2.11. The number of halogens is 2. The Balaban J connectivity index is 1.74. The Bertz CT molecular complexity index is 1070. The molecular formula is C23H18Br2O4. The molecule has 3 rings (SSSR count). The molecule has 0 heterocycles. The molecule has 0 saturated heterocycles. The lowest BCUT2D eigenvalue weighted by molar-refractivity contribution is -0.145. The summed E-state index contributed by atoms with van der Waals surface area (Å²) in [6.45, 7) is 1.87. The van der Waals surface area contributed by atoms with Crippen LogP contribution in [0, 0.1) is 0 Å². The van der Waals surface area contributed by atoms with Gasteiger partial charge in [0.25, 0.3) is 0 Å². The molecule has 148 valence electrons. The van der Waals surface area contributed by atoms with Crippen molar-refractivity contribution in [1.29, 1.82) is 0 Å². The average Bonchev–Trinajstić information content (AvgIpc) is 2.71. The highest BCUT2D eigenvalue weighted by Crippen LogP contribution is 2.35. The molecule has 0 fully saturated rings. The number of hydrogen-bond acceptors (Lipinski definition) is 4. The molecule has 4 nitrogen and oxygen atoms in total. The zero-order valence-corrected chi connectivity index (χ0v) is 18.8. The first-order valence-electron chi connectivity index (χ1n) is 8.96. The minimum atomic E-state index is -0.434. The fourth-order valence-corrected chi connectivity index (χ4v) is 4.21. The number of ketones is 1. The number of benzene rings is 3. The first kappa shape index (κ1) is 21.3. The fourth-order valence-electron chi connectivity index (χ4n) is 2.76. The Morgan fingerprint density at radius 2 is 1.66 bits per heavy atom. The van der Waals surface area contributed by atoms with Gasteiger partial charge in [-0.2, -0.15) is 0 Å². The third-order valence-corrected chi connectivity index (χ3v) is 5.30. The van der Waals surface area contributed by atoms with Crippen LogP contribution in [0.15, 0.2) is 69.6 Å². The van der Waals surface area contributed by atoms with Crippen LogP contribution in [-0.4, -0.2) is 25.0 Å². The van der Waals surface area contributed by atoms with Gasteiger partial charge in [-0.15, -0.1) is 0 Å². The lowest BCUT2D eigenvalue weighted by atomic mass is 10.0. The van der Waals surface area contributed by atoms with Crippen molar-refractivity contribution in [2.24, 2.45) is 0 Å². The third kappa shape index (κ3) is 5.55. The maximum Gasteiger partial charge on any atom is 0.344 e. The Labute approximate surface area is 185 Å². The molecule has 0 spiro atoms. The van der Waals surface area contributed by atoms with E-state index in [-0.39, 0.29) is 12.4 Å². The zero-order valence-electron chi connectivity index (χ0n) is 15.7. The number of allylic oxidation sites excluding steroid dienone is 1. The van der Waals surface area contributed by atoms with Crippen LogP contribution in [0.4, 0.5) is 0 Å². The maximum atomic E-state index is 12.6. The lowest BCUT2D eigenvalue weighted by Crippen LogP contribution is -2.15. The van der Waals surface area contributed by atoms with Gasteiger partial charge in [0, 0.05) is 5.56 Å². The van der Waals surface area contributed by atoms with E-state index in [1.807, 2.05) is 54.6 Å². The average molecular weight is 518 g/mol. The Hall–Kier alpha value is -2.44. The molecule has 3 aromatic carbocycles. The van der Waals surface area contributed by atoms with Crippen LogP contribution in [0.2, 0.25) is 0 Å². The highest BCUT2D eigenvalue weighted by molar-refractivity contribution is 9.11. The highest BCUT2D eigenvalue weighted by atomic mass is 79.9. The minimum absolute atomic E-state index is 0.0781. The Morgan fingerprint density at radius 3 is 2.34 bits per heavy atom. The normalized spacial score (nSPS) is 11.0. The number of carbonyl (C=O) groups is 2. The van der Waals surface area contributed by atoms with E-state index in [0.29, 0.717) is 26.9 Å². The van der Waals surface area contributed by atoms with Gasteiger partial charge >= 0.3 is 5.97 Å². The van der Waals surface area contributed by atoms with Crippen LogP contribution in [-0.2, 0) is 9.53 Å². The Kier molecular flexibility index (Phi) is 7.23. The minimum Gasteiger partial charge on any atom is -0.480 e. The van der Waals surface area contributed by atoms with E-state index in [1.54, 1.807) is 13.0 Å². The van der Waals surface area contributed by atoms with Crippen LogP contribution in [0.25, 0.3) is 16.8 Å². The largest absolute Gasteiger partial charge is 0.480 e. The van der Waals surface area contributed by atoms with Crippen molar-refractivity contribution in [3.8, 4) is 5.75 Å². The predicted molar refractivity (Wildman–Crippen MR) is 121 cm³/mol. The number of fused-ring (bicyclic) bond motifs is 1. The van der Waals surface area contributed by atoms with Gasteiger partial charge in [0.05, 0.1) is 15.6 Å². The molecule has 0 amide bonds. The molecule has 0 saturated carbocycles. The second kappa shape index (κ2) is 9.85. The first-order chi connectivity index (χ1) is 14.0. The van der Waals surface area contributed by atoms with E-state index < -0.39 is 5.97 Å². The second-order valence-electron chi connectivity index (χ2n) is 6.17. The zero-order chi connectivity index (χ0) is 20.8. The number of hydrogen-bond donors (Lipinski definition) is 0. The molecule has 6 heteroatoms. The van der Waals surface area contributed by atoms with Gasteiger partial charge in [-0.05, 0) is 79.4 Å². The summed E-state index contributed by atoms with van der Waals surface area (Å²) in [5, 5.41) is 2.12. The molecule has 0 aromatic heterocycles. The van der Waals surface area contributed by atoms with Crippen LogP contribution in [0.3, 0.4) is 0 Å². The molecule has 3 aromatic rings. The van der Waals surface area contributed by atoms with Crippen LogP contribution >= 0.6 is 31.9 Å². The smallest absolute Gasteiger partial charge is 0.344 e. The summed E-state index contributed by atoms with van der Waals surface area (Å²) in [7, 11) is 0. The number of rotatable bonds is 7. The molecular weight excluding hydrogens is 500 g/mol. The van der Waals surface area contributed by atoms with Crippen LogP contribution in [0.1, 0.15) is 22.8 Å². The summed E-state index contributed by atoms with van der Waals surface area (Å²) in [6.07, 6.45) is 3.28. The maximum absolute atomic E-state index is 12.6. The fraction of sp³-hybridized carbons (Fsp3) is 0.130. The molecule has 0 aliphatic heterocycles. The predicted octanol–water partition coefficient (Wildman–Crippen LogP) is 6.20. The summed E-state index contributed by atoms with van der Waals surface area (Å²) in [6, 6.07) is 17.2. The van der Waals surface area contributed by atoms with E-state index in [4.69, 9.17) is 9.47 Å². The summed E-state index contributed by atoms with van der Waals surface area (Å²) in [4.78, 5) is 24.0. The first-order valence-corrected chi connectivity index (χ1v) is 10.5. The third-order valence-electron chi connectivity index (χ3n) is 4.12. The quantitative estimate of drug-likeness (QED) is 0.212. The molecule has 0 atom stereocenters. The van der Waals surface area contributed by atoms with Crippen LogP contribution in [0.5, 0.6) is 5.75 Å². The topological polar surface area (TPSA) is 52.6 Å². The summed E-state index contributed by atoms with van der Waals surface area (Å²) in [5.41, 5.74) is 1.44. The number of ether oxygens (including phenoxy) is 2. The summed E-state index contributed by atoms with van der Waals surface area (Å²) in [5.74, 6) is -0.0158. The molecule has 0 aliphatic carbocycles. The van der Waals surface area contributed by atoms with Crippen molar-refractivity contribution in [2.75, 3.05) is 13.2 Å². The monoisotopic (exact) mass is 516 g/mol. The summed E-state index contributed by atoms with van der Waals surface area (Å²) < 4.78 is 11.7. The van der Waals surface area contributed by atoms with E-state index in [2.05, 4.69) is 31.9 Å². The van der Waals surface area contributed by atoms with E-state index >= 15 is 0 Å². The molecule has 0 N–H and O–H groups in total. The van der Waals surface area contributed by atoms with Gasteiger partial charge in [-0.1, -0.05) is 42.5 Å². The van der Waals surface area contributed by atoms with Crippen molar-refractivity contribution in [3.63, 3.8) is 0 Å².